The van der Waals surface area contributed by atoms with Gasteiger partial charge in [-0.25, -0.2) is 4.98 Å². The van der Waals surface area contributed by atoms with Gasteiger partial charge in [0, 0.05) is 24.3 Å². The number of ether oxygens (including phenoxy) is 1. The van der Waals surface area contributed by atoms with E-state index in [4.69, 9.17) is 10.5 Å². The van der Waals surface area contributed by atoms with Crippen LogP contribution in [0.2, 0.25) is 0 Å². The molecule has 108 valence electrons. The summed E-state index contributed by atoms with van der Waals surface area (Å²) in [6.07, 6.45) is 7.19. The zero-order valence-electron chi connectivity index (χ0n) is 12.3. The van der Waals surface area contributed by atoms with Crippen LogP contribution in [0.25, 0.3) is 0 Å². The Bertz CT molecular complexity index is 533. The van der Waals surface area contributed by atoms with Crippen molar-refractivity contribution in [1.82, 2.24) is 14.8 Å². The zero-order valence-corrected chi connectivity index (χ0v) is 12.3. The fourth-order valence-corrected chi connectivity index (χ4v) is 1.82. The van der Waals surface area contributed by atoms with Gasteiger partial charge >= 0.3 is 0 Å². The van der Waals surface area contributed by atoms with Crippen LogP contribution < -0.4 is 10.5 Å². The summed E-state index contributed by atoms with van der Waals surface area (Å²) in [7, 11) is 0. The molecule has 0 aliphatic rings. The number of aromatic nitrogens is 3. The van der Waals surface area contributed by atoms with Gasteiger partial charge in [0.2, 0.25) is 5.88 Å². The first-order valence-electron chi connectivity index (χ1n) is 7.01. The predicted octanol–water partition coefficient (Wildman–Crippen LogP) is 2.93. The lowest BCUT2D eigenvalue weighted by Gasteiger charge is -2.08. The Kier molecular flexibility index (Phi) is 4.74. The van der Waals surface area contributed by atoms with E-state index in [1.165, 1.54) is 0 Å². The van der Waals surface area contributed by atoms with Crippen molar-refractivity contribution in [3.05, 3.63) is 36.3 Å². The summed E-state index contributed by atoms with van der Waals surface area (Å²) >= 11 is 0. The zero-order chi connectivity index (χ0) is 14.5. The van der Waals surface area contributed by atoms with E-state index in [-0.39, 0.29) is 6.04 Å². The van der Waals surface area contributed by atoms with Crippen LogP contribution in [0.4, 0.5) is 0 Å². The van der Waals surface area contributed by atoms with Crippen molar-refractivity contribution in [3.8, 4) is 11.6 Å². The fourth-order valence-electron chi connectivity index (χ4n) is 1.82. The quantitative estimate of drug-likeness (QED) is 0.879. The minimum Gasteiger partial charge on any atom is -0.436 e. The fraction of sp³-hybridized carbons (Fsp3) is 0.467. The molecule has 2 rings (SSSR count). The van der Waals surface area contributed by atoms with E-state index in [0.717, 1.165) is 18.4 Å². The van der Waals surface area contributed by atoms with Crippen molar-refractivity contribution in [3.63, 3.8) is 0 Å². The van der Waals surface area contributed by atoms with Crippen LogP contribution in [-0.4, -0.2) is 20.8 Å². The minimum atomic E-state index is 0.188. The van der Waals surface area contributed by atoms with Crippen molar-refractivity contribution >= 4 is 0 Å². The molecule has 0 radical (unpaired) electrons. The standard InChI is InChI=1S/C15H22N4O/c1-4-13(16)7-12-5-6-15(17-8-12)20-14-9-18-19(10-14)11(2)3/h5-6,8-11,13H,4,7,16H2,1-3H3. The number of hydrogen-bond donors (Lipinski definition) is 1. The maximum absolute atomic E-state index is 5.93. The maximum atomic E-state index is 5.93. The molecule has 0 aliphatic heterocycles. The van der Waals surface area contributed by atoms with E-state index >= 15 is 0 Å². The highest BCUT2D eigenvalue weighted by molar-refractivity contribution is 5.24. The molecule has 0 aromatic carbocycles. The van der Waals surface area contributed by atoms with Crippen molar-refractivity contribution in [1.29, 1.82) is 0 Å². The SMILES string of the molecule is CCC(N)Cc1ccc(Oc2cnn(C(C)C)c2)nc1. The molecule has 0 spiro atoms. The molecule has 2 aromatic heterocycles. The average Bonchev–Trinajstić information content (AvgIpc) is 2.89. The third-order valence-electron chi connectivity index (χ3n) is 3.15. The monoisotopic (exact) mass is 274 g/mol. The Balaban J connectivity index is 1.99. The molecule has 1 atom stereocenters. The molecule has 0 fully saturated rings. The Labute approximate surface area is 119 Å². The van der Waals surface area contributed by atoms with Gasteiger partial charge in [0.15, 0.2) is 5.75 Å². The predicted molar refractivity (Wildman–Crippen MR) is 78.9 cm³/mol. The molecular weight excluding hydrogens is 252 g/mol. The van der Waals surface area contributed by atoms with Crippen molar-refractivity contribution in [2.24, 2.45) is 5.73 Å². The minimum absolute atomic E-state index is 0.188. The van der Waals surface area contributed by atoms with Crippen LogP contribution in [0.5, 0.6) is 11.6 Å². The molecule has 2 N–H and O–H groups in total. The Morgan fingerprint density at radius 3 is 2.65 bits per heavy atom. The van der Waals surface area contributed by atoms with Crippen LogP contribution in [-0.2, 0) is 6.42 Å². The summed E-state index contributed by atoms with van der Waals surface area (Å²) in [4.78, 5) is 4.30. The van der Waals surface area contributed by atoms with Crippen LogP contribution in [0.3, 0.4) is 0 Å². The van der Waals surface area contributed by atoms with Gasteiger partial charge in [-0.15, -0.1) is 0 Å². The highest BCUT2D eigenvalue weighted by atomic mass is 16.5. The highest BCUT2D eigenvalue weighted by Gasteiger charge is 2.06. The molecule has 20 heavy (non-hydrogen) atoms. The van der Waals surface area contributed by atoms with Crippen LogP contribution in [0.1, 0.15) is 38.8 Å². The molecule has 0 aliphatic carbocycles. The summed E-state index contributed by atoms with van der Waals surface area (Å²) in [6.45, 7) is 6.23. The van der Waals surface area contributed by atoms with Gasteiger partial charge < -0.3 is 10.5 Å². The van der Waals surface area contributed by atoms with Crippen molar-refractivity contribution < 1.29 is 4.74 Å². The van der Waals surface area contributed by atoms with E-state index in [2.05, 4.69) is 30.9 Å². The number of nitrogens with zero attached hydrogens (tertiary/aromatic N) is 3. The van der Waals surface area contributed by atoms with E-state index < -0.39 is 0 Å². The number of hydrogen-bond acceptors (Lipinski definition) is 4. The molecule has 0 amide bonds. The number of pyridine rings is 1. The lowest BCUT2D eigenvalue weighted by atomic mass is 10.1. The summed E-state index contributed by atoms with van der Waals surface area (Å²) in [5.41, 5.74) is 7.06. The van der Waals surface area contributed by atoms with Crippen LogP contribution >= 0.6 is 0 Å². The first-order valence-corrected chi connectivity index (χ1v) is 7.01. The second-order valence-corrected chi connectivity index (χ2v) is 5.23. The largest absolute Gasteiger partial charge is 0.436 e. The van der Waals surface area contributed by atoms with Crippen LogP contribution in [0.15, 0.2) is 30.7 Å². The first kappa shape index (κ1) is 14.5. The van der Waals surface area contributed by atoms with E-state index in [1.807, 2.05) is 29.2 Å². The first-order chi connectivity index (χ1) is 9.58. The summed E-state index contributed by atoms with van der Waals surface area (Å²) in [5, 5.41) is 4.23. The van der Waals surface area contributed by atoms with E-state index in [0.29, 0.717) is 17.7 Å². The molecule has 0 saturated carbocycles. The molecular formula is C15H22N4O. The molecule has 5 heteroatoms. The third-order valence-corrected chi connectivity index (χ3v) is 3.15. The average molecular weight is 274 g/mol. The lowest BCUT2D eigenvalue weighted by Crippen LogP contribution is -2.21. The third kappa shape index (κ3) is 3.81. The second kappa shape index (κ2) is 6.52. The van der Waals surface area contributed by atoms with Crippen molar-refractivity contribution in [2.45, 2.75) is 45.7 Å². The Hall–Kier alpha value is -1.88. The Morgan fingerprint density at radius 1 is 1.30 bits per heavy atom. The van der Waals surface area contributed by atoms with Gasteiger partial charge in [0.1, 0.15) is 0 Å². The molecule has 5 nitrogen and oxygen atoms in total. The van der Waals surface area contributed by atoms with E-state index in [1.54, 1.807) is 6.20 Å². The van der Waals surface area contributed by atoms with Gasteiger partial charge in [-0.05, 0) is 32.3 Å². The van der Waals surface area contributed by atoms with Gasteiger partial charge in [0.25, 0.3) is 0 Å². The van der Waals surface area contributed by atoms with Gasteiger partial charge in [-0.2, -0.15) is 5.10 Å². The van der Waals surface area contributed by atoms with Crippen LogP contribution in [0, 0.1) is 0 Å². The smallest absolute Gasteiger partial charge is 0.219 e. The summed E-state index contributed by atoms with van der Waals surface area (Å²) in [6, 6.07) is 4.38. The highest BCUT2D eigenvalue weighted by Crippen LogP contribution is 2.20. The number of rotatable bonds is 6. The normalized spacial score (nSPS) is 12.7. The van der Waals surface area contributed by atoms with Gasteiger partial charge in [-0.1, -0.05) is 13.0 Å². The molecule has 1 unspecified atom stereocenters. The molecule has 0 bridgehead atoms. The van der Waals surface area contributed by atoms with Crippen molar-refractivity contribution in [2.75, 3.05) is 0 Å². The molecule has 0 saturated heterocycles. The number of nitrogens with two attached hydrogens (primary N) is 1. The topological polar surface area (TPSA) is 66.0 Å². The summed E-state index contributed by atoms with van der Waals surface area (Å²) in [5.74, 6) is 1.27. The second-order valence-electron chi connectivity index (χ2n) is 5.23. The maximum Gasteiger partial charge on any atom is 0.219 e. The van der Waals surface area contributed by atoms with E-state index in [9.17, 15) is 0 Å². The van der Waals surface area contributed by atoms with Gasteiger partial charge in [-0.3, -0.25) is 4.68 Å². The molecule has 2 aromatic rings. The summed E-state index contributed by atoms with van der Waals surface area (Å²) < 4.78 is 7.52. The van der Waals surface area contributed by atoms with Gasteiger partial charge in [0.05, 0.1) is 12.4 Å². The lowest BCUT2D eigenvalue weighted by molar-refractivity contribution is 0.458. The molecule has 2 heterocycles. The Morgan fingerprint density at radius 2 is 2.10 bits per heavy atom.